The summed E-state index contributed by atoms with van der Waals surface area (Å²) in [6.45, 7) is 0.369. The van der Waals surface area contributed by atoms with Crippen LogP contribution in [0.15, 0.2) is 29.1 Å². The fourth-order valence-corrected chi connectivity index (χ4v) is 1.84. The van der Waals surface area contributed by atoms with E-state index >= 15 is 0 Å². The van der Waals surface area contributed by atoms with Crippen molar-refractivity contribution in [3.63, 3.8) is 0 Å². The predicted octanol–water partition coefficient (Wildman–Crippen LogP) is 1.36. The maximum absolute atomic E-state index is 11.7. The van der Waals surface area contributed by atoms with Crippen molar-refractivity contribution in [3.8, 4) is 5.75 Å². The van der Waals surface area contributed by atoms with E-state index in [-0.39, 0.29) is 17.3 Å². The molecule has 0 saturated heterocycles. The monoisotopic (exact) mass is 249 g/mol. The number of phenolic OH excluding ortho intramolecular Hbond substituents is 1. The van der Waals surface area contributed by atoms with Crippen molar-refractivity contribution < 1.29 is 9.90 Å². The number of anilines is 1. The Kier molecular flexibility index (Phi) is 3.24. The van der Waals surface area contributed by atoms with Gasteiger partial charge in [0.2, 0.25) is 0 Å². The lowest BCUT2D eigenvalue weighted by Gasteiger charge is -2.05. The molecule has 2 rings (SSSR count). The molecular formula is C11H11N3O2S. The molecule has 0 bridgehead atoms. The zero-order valence-electron chi connectivity index (χ0n) is 8.88. The van der Waals surface area contributed by atoms with Crippen LogP contribution in [-0.2, 0) is 6.54 Å². The summed E-state index contributed by atoms with van der Waals surface area (Å²) in [5.41, 5.74) is 8.58. The van der Waals surface area contributed by atoms with E-state index in [1.807, 2.05) is 5.38 Å². The molecule has 1 aromatic carbocycles. The van der Waals surface area contributed by atoms with E-state index in [0.29, 0.717) is 12.1 Å². The number of phenols is 1. The number of carbonyl (C=O) groups is 1. The Morgan fingerprint density at radius 2 is 2.35 bits per heavy atom. The van der Waals surface area contributed by atoms with Gasteiger partial charge in [-0.15, -0.1) is 11.3 Å². The average molecular weight is 249 g/mol. The Labute approximate surface area is 102 Å². The molecule has 0 atom stereocenters. The van der Waals surface area contributed by atoms with Crippen molar-refractivity contribution in [1.82, 2.24) is 10.3 Å². The van der Waals surface area contributed by atoms with E-state index in [0.717, 1.165) is 5.69 Å². The Morgan fingerprint density at radius 1 is 1.53 bits per heavy atom. The van der Waals surface area contributed by atoms with E-state index in [1.165, 1.54) is 23.5 Å². The zero-order valence-corrected chi connectivity index (χ0v) is 9.70. The highest BCUT2D eigenvalue weighted by atomic mass is 32.1. The van der Waals surface area contributed by atoms with Crippen LogP contribution in [0.1, 0.15) is 16.1 Å². The number of nitrogens with two attached hydrogens (primary N) is 1. The predicted molar refractivity (Wildman–Crippen MR) is 65.8 cm³/mol. The van der Waals surface area contributed by atoms with Gasteiger partial charge in [-0.3, -0.25) is 4.79 Å². The van der Waals surface area contributed by atoms with E-state index in [1.54, 1.807) is 11.6 Å². The topological polar surface area (TPSA) is 88.2 Å². The standard InChI is InChI=1S/C11H11N3O2S/c12-9-2-1-7(3-10(9)15)11(16)13-4-8-5-17-6-14-8/h1-3,5-6,15H,4,12H2,(H,13,16). The first-order valence-electron chi connectivity index (χ1n) is 4.90. The highest BCUT2D eigenvalue weighted by Crippen LogP contribution is 2.20. The Hall–Kier alpha value is -2.08. The van der Waals surface area contributed by atoms with Gasteiger partial charge in [0.1, 0.15) is 5.75 Å². The van der Waals surface area contributed by atoms with Crippen molar-refractivity contribution in [1.29, 1.82) is 0 Å². The molecule has 6 heteroatoms. The largest absolute Gasteiger partial charge is 0.506 e. The van der Waals surface area contributed by atoms with Gasteiger partial charge < -0.3 is 16.2 Å². The maximum atomic E-state index is 11.7. The third kappa shape index (κ3) is 2.73. The van der Waals surface area contributed by atoms with Crippen molar-refractivity contribution in [2.75, 3.05) is 5.73 Å². The number of nitrogens with zero attached hydrogens (tertiary/aromatic N) is 1. The first kappa shape index (κ1) is 11.4. The van der Waals surface area contributed by atoms with Crippen molar-refractivity contribution >= 4 is 22.9 Å². The van der Waals surface area contributed by atoms with Crippen LogP contribution in [0.5, 0.6) is 5.75 Å². The van der Waals surface area contributed by atoms with Crippen LogP contribution in [-0.4, -0.2) is 16.0 Å². The van der Waals surface area contributed by atoms with Crippen LogP contribution < -0.4 is 11.1 Å². The SMILES string of the molecule is Nc1ccc(C(=O)NCc2cscn2)cc1O. The third-order valence-corrected chi connectivity index (χ3v) is 2.84. The summed E-state index contributed by atoms with van der Waals surface area (Å²) in [5, 5.41) is 13.9. The third-order valence-electron chi connectivity index (χ3n) is 2.21. The summed E-state index contributed by atoms with van der Waals surface area (Å²) in [7, 11) is 0. The van der Waals surface area contributed by atoms with Gasteiger partial charge in [0.25, 0.3) is 5.91 Å². The van der Waals surface area contributed by atoms with Crippen LogP contribution >= 0.6 is 11.3 Å². The minimum absolute atomic E-state index is 0.0914. The smallest absolute Gasteiger partial charge is 0.251 e. The molecule has 1 amide bonds. The normalized spacial score (nSPS) is 10.1. The lowest BCUT2D eigenvalue weighted by atomic mass is 10.2. The van der Waals surface area contributed by atoms with Gasteiger partial charge >= 0.3 is 0 Å². The number of hydrogen-bond acceptors (Lipinski definition) is 5. The molecule has 4 N–H and O–H groups in total. The molecule has 0 unspecified atom stereocenters. The molecule has 5 nitrogen and oxygen atoms in total. The summed E-state index contributed by atoms with van der Waals surface area (Å²) in [6, 6.07) is 4.39. The maximum Gasteiger partial charge on any atom is 0.251 e. The molecule has 0 saturated carbocycles. The number of aromatic hydroxyl groups is 1. The lowest BCUT2D eigenvalue weighted by Crippen LogP contribution is -2.22. The second-order valence-corrected chi connectivity index (χ2v) is 4.15. The van der Waals surface area contributed by atoms with Crippen molar-refractivity contribution in [2.24, 2.45) is 0 Å². The number of nitrogen functional groups attached to an aromatic ring is 1. The van der Waals surface area contributed by atoms with Gasteiger partial charge in [0.05, 0.1) is 23.4 Å². The number of thiazole rings is 1. The van der Waals surface area contributed by atoms with Crippen molar-refractivity contribution in [3.05, 3.63) is 40.3 Å². The second-order valence-electron chi connectivity index (χ2n) is 3.44. The number of rotatable bonds is 3. The molecule has 17 heavy (non-hydrogen) atoms. The Morgan fingerprint density at radius 3 is 3.00 bits per heavy atom. The minimum Gasteiger partial charge on any atom is -0.506 e. The molecule has 0 aliphatic rings. The molecule has 0 aliphatic heterocycles. The molecular weight excluding hydrogens is 238 g/mol. The summed E-state index contributed by atoms with van der Waals surface area (Å²) in [4.78, 5) is 15.8. The van der Waals surface area contributed by atoms with Crippen LogP contribution in [0.4, 0.5) is 5.69 Å². The summed E-state index contributed by atoms with van der Waals surface area (Å²) in [5.74, 6) is -0.361. The number of hydrogen-bond donors (Lipinski definition) is 3. The molecule has 0 fully saturated rings. The number of benzene rings is 1. The zero-order chi connectivity index (χ0) is 12.3. The molecule has 1 aromatic heterocycles. The molecule has 88 valence electrons. The Bertz CT molecular complexity index is 526. The van der Waals surface area contributed by atoms with Gasteiger partial charge in [-0.25, -0.2) is 4.98 Å². The quantitative estimate of drug-likeness (QED) is 0.566. The van der Waals surface area contributed by atoms with E-state index in [2.05, 4.69) is 10.3 Å². The number of nitrogens with one attached hydrogen (secondary N) is 1. The van der Waals surface area contributed by atoms with Crippen LogP contribution in [0.2, 0.25) is 0 Å². The summed E-state index contributed by atoms with van der Waals surface area (Å²) in [6.07, 6.45) is 0. The fraction of sp³-hybridized carbons (Fsp3) is 0.0909. The van der Waals surface area contributed by atoms with E-state index in [9.17, 15) is 9.90 Å². The Balaban J connectivity index is 2.02. The molecule has 1 heterocycles. The molecule has 2 aromatic rings. The molecule has 0 spiro atoms. The summed E-state index contributed by atoms with van der Waals surface area (Å²) < 4.78 is 0. The van der Waals surface area contributed by atoms with Crippen LogP contribution in [0.3, 0.4) is 0 Å². The van der Waals surface area contributed by atoms with Gasteiger partial charge in [0.15, 0.2) is 0 Å². The van der Waals surface area contributed by atoms with Gasteiger partial charge in [0, 0.05) is 10.9 Å². The highest BCUT2D eigenvalue weighted by Gasteiger charge is 2.08. The van der Waals surface area contributed by atoms with Gasteiger partial charge in [-0.05, 0) is 18.2 Å². The number of aromatic nitrogens is 1. The molecule has 0 aliphatic carbocycles. The minimum atomic E-state index is -0.270. The van der Waals surface area contributed by atoms with Crippen LogP contribution in [0, 0.1) is 0 Å². The van der Waals surface area contributed by atoms with E-state index in [4.69, 9.17) is 5.73 Å². The van der Waals surface area contributed by atoms with Crippen molar-refractivity contribution in [2.45, 2.75) is 6.54 Å². The number of amides is 1. The van der Waals surface area contributed by atoms with Crippen LogP contribution in [0.25, 0.3) is 0 Å². The first-order chi connectivity index (χ1) is 8.16. The fourth-order valence-electron chi connectivity index (χ4n) is 1.28. The lowest BCUT2D eigenvalue weighted by molar-refractivity contribution is 0.0950. The highest BCUT2D eigenvalue weighted by molar-refractivity contribution is 7.07. The number of carbonyl (C=O) groups excluding carboxylic acids is 1. The van der Waals surface area contributed by atoms with E-state index < -0.39 is 0 Å². The summed E-state index contributed by atoms with van der Waals surface area (Å²) >= 11 is 1.47. The molecule has 0 radical (unpaired) electrons. The second kappa shape index (κ2) is 4.84. The van der Waals surface area contributed by atoms with Gasteiger partial charge in [-0.2, -0.15) is 0 Å². The average Bonchev–Trinajstić information content (AvgIpc) is 2.82. The first-order valence-corrected chi connectivity index (χ1v) is 5.85. The van der Waals surface area contributed by atoms with Gasteiger partial charge in [-0.1, -0.05) is 0 Å².